The summed E-state index contributed by atoms with van der Waals surface area (Å²) in [5, 5.41) is 3.08. The van der Waals surface area contributed by atoms with Crippen molar-refractivity contribution in [1.82, 2.24) is 5.32 Å². The van der Waals surface area contributed by atoms with Crippen molar-refractivity contribution in [3.05, 3.63) is 12.2 Å². The van der Waals surface area contributed by atoms with Crippen LogP contribution in [0.4, 0.5) is 0 Å². The lowest BCUT2D eigenvalue weighted by Crippen LogP contribution is -2.25. The molecule has 0 aliphatic rings. The summed E-state index contributed by atoms with van der Waals surface area (Å²) in [7, 11) is 1.87. The number of carbonyl (C=O) groups is 1. The SMILES string of the molecule is C=C(CC)CC(CC=O)NC. The first kappa shape index (κ1) is 10.4. The Hall–Kier alpha value is -0.630. The summed E-state index contributed by atoms with van der Waals surface area (Å²) in [6.07, 6.45) is 3.43. The Morgan fingerprint density at radius 3 is 2.73 bits per heavy atom. The van der Waals surface area contributed by atoms with Crippen LogP contribution in [0.3, 0.4) is 0 Å². The molecule has 1 unspecified atom stereocenters. The molecule has 11 heavy (non-hydrogen) atoms. The molecule has 0 fully saturated rings. The summed E-state index contributed by atoms with van der Waals surface area (Å²) in [4.78, 5) is 10.2. The molecule has 0 radical (unpaired) electrons. The third-order valence-electron chi connectivity index (χ3n) is 1.82. The first-order valence-corrected chi connectivity index (χ1v) is 4.02. The Kier molecular flexibility index (Phi) is 5.75. The summed E-state index contributed by atoms with van der Waals surface area (Å²) in [6.45, 7) is 5.97. The summed E-state index contributed by atoms with van der Waals surface area (Å²) < 4.78 is 0. The van der Waals surface area contributed by atoms with Crippen LogP contribution in [-0.2, 0) is 4.79 Å². The second kappa shape index (κ2) is 6.10. The number of hydrogen-bond acceptors (Lipinski definition) is 2. The highest BCUT2D eigenvalue weighted by Crippen LogP contribution is 2.07. The molecular formula is C9H17NO. The van der Waals surface area contributed by atoms with Gasteiger partial charge in [-0.25, -0.2) is 0 Å². The van der Waals surface area contributed by atoms with Gasteiger partial charge < -0.3 is 10.1 Å². The predicted molar refractivity (Wildman–Crippen MR) is 47.6 cm³/mol. The lowest BCUT2D eigenvalue weighted by molar-refractivity contribution is -0.108. The minimum Gasteiger partial charge on any atom is -0.316 e. The standard InChI is InChI=1S/C9H17NO/c1-4-8(2)7-9(10-3)5-6-11/h6,9-10H,2,4-5,7H2,1,3H3. The van der Waals surface area contributed by atoms with E-state index in [1.54, 1.807) is 0 Å². The molecule has 0 saturated heterocycles. The Balaban J connectivity index is 3.67. The monoisotopic (exact) mass is 155 g/mol. The fourth-order valence-electron chi connectivity index (χ4n) is 0.912. The van der Waals surface area contributed by atoms with Crippen molar-refractivity contribution in [2.24, 2.45) is 0 Å². The highest BCUT2D eigenvalue weighted by Gasteiger charge is 2.05. The van der Waals surface area contributed by atoms with Crippen molar-refractivity contribution >= 4 is 6.29 Å². The lowest BCUT2D eigenvalue weighted by Gasteiger charge is -2.13. The van der Waals surface area contributed by atoms with E-state index in [2.05, 4.69) is 18.8 Å². The number of hydrogen-bond donors (Lipinski definition) is 1. The summed E-state index contributed by atoms with van der Waals surface area (Å²) in [5.41, 5.74) is 1.20. The summed E-state index contributed by atoms with van der Waals surface area (Å²) in [6, 6.07) is 0.278. The average Bonchev–Trinajstić information content (AvgIpc) is 2.03. The van der Waals surface area contributed by atoms with Crippen LogP contribution in [0.25, 0.3) is 0 Å². The Bertz CT molecular complexity index is 132. The maximum atomic E-state index is 10.2. The molecule has 0 amide bonds. The number of aldehydes is 1. The van der Waals surface area contributed by atoms with E-state index in [1.165, 1.54) is 5.57 Å². The molecule has 0 heterocycles. The molecular weight excluding hydrogens is 138 g/mol. The highest BCUT2D eigenvalue weighted by molar-refractivity contribution is 5.50. The number of rotatable bonds is 6. The summed E-state index contributed by atoms with van der Waals surface area (Å²) in [5.74, 6) is 0. The third kappa shape index (κ3) is 4.73. The highest BCUT2D eigenvalue weighted by atomic mass is 16.1. The Morgan fingerprint density at radius 1 is 1.73 bits per heavy atom. The van der Waals surface area contributed by atoms with Crippen LogP contribution < -0.4 is 5.32 Å². The quantitative estimate of drug-likeness (QED) is 0.465. The molecule has 0 saturated carbocycles. The largest absolute Gasteiger partial charge is 0.316 e. The second-order valence-corrected chi connectivity index (χ2v) is 2.70. The van der Waals surface area contributed by atoms with Gasteiger partial charge in [0.05, 0.1) is 0 Å². The van der Waals surface area contributed by atoms with Crippen LogP contribution >= 0.6 is 0 Å². The average molecular weight is 155 g/mol. The molecule has 0 aliphatic heterocycles. The van der Waals surface area contributed by atoms with Gasteiger partial charge in [0.15, 0.2) is 0 Å². The summed E-state index contributed by atoms with van der Waals surface area (Å²) >= 11 is 0. The van der Waals surface area contributed by atoms with Gasteiger partial charge in [-0.15, -0.1) is 0 Å². The molecule has 0 rings (SSSR count). The molecule has 2 nitrogen and oxygen atoms in total. The second-order valence-electron chi connectivity index (χ2n) is 2.70. The molecule has 1 N–H and O–H groups in total. The van der Waals surface area contributed by atoms with Crippen LogP contribution in [0.15, 0.2) is 12.2 Å². The fourth-order valence-corrected chi connectivity index (χ4v) is 0.912. The van der Waals surface area contributed by atoms with Crippen LogP contribution in [0, 0.1) is 0 Å². The first-order valence-electron chi connectivity index (χ1n) is 4.02. The van der Waals surface area contributed by atoms with E-state index in [0.29, 0.717) is 6.42 Å². The number of nitrogens with one attached hydrogen (secondary N) is 1. The zero-order valence-electron chi connectivity index (χ0n) is 7.39. The molecule has 0 aromatic rings. The van der Waals surface area contributed by atoms with Gasteiger partial charge in [0.25, 0.3) is 0 Å². The maximum absolute atomic E-state index is 10.2. The van der Waals surface area contributed by atoms with Gasteiger partial charge >= 0.3 is 0 Å². The number of carbonyl (C=O) groups excluding carboxylic acids is 1. The van der Waals surface area contributed by atoms with E-state index in [-0.39, 0.29) is 6.04 Å². The Labute approximate surface area is 68.7 Å². The normalized spacial score (nSPS) is 12.5. The smallest absolute Gasteiger partial charge is 0.121 e. The van der Waals surface area contributed by atoms with Crippen molar-refractivity contribution in [2.75, 3.05) is 7.05 Å². The van der Waals surface area contributed by atoms with E-state index in [4.69, 9.17) is 0 Å². The van der Waals surface area contributed by atoms with Crippen molar-refractivity contribution in [1.29, 1.82) is 0 Å². The molecule has 0 spiro atoms. The molecule has 0 aromatic carbocycles. The van der Waals surface area contributed by atoms with Gasteiger partial charge in [-0.2, -0.15) is 0 Å². The molecule has 0 bridgehead atoms. The zero-order chi connectivity index (χ0) is 8.69. The van der Waals surface area contributed by atoms with Crippen LogP contribution in [0.5, 0.6) is 0 Å². The van der Waals surface area contributed by atoms with Crippen LogP contribution in [0.2, 0.25) is 0 Å². The molecule has 2 heteroatoms. The molecule has 64 valence electrons. The van der Waals surface area contributed by atoms with Gasteiger partial charge in [0.2, 0.25) is 0 Å². The molecule has 0 aliphatic carbocycles. The Morgan fingerprint density at radius 2 is 2.36 bits per heavy atom. The van der Waals surface area contributed by atoms with Crippen molar-refractivity contribution < 1.29 is 4.79 Å². The van der Waals surface area contributed by atoms with Gasteiger partial charge in [-0.3, -0.25) is 0 Å². The first-order chi connectivity index (χ1) is 5.24. The van der Waals surface area contributed by atoms with Gasteiger partial charge in [-0.1, -0.05) is 19.1 Å². The third-order valence-corrected chi connectivity index (χ3v) is 1.82. The zero-order valence-corrected chi connectivity index (χ0v) is 7.39. The molecule has 1 atom stereocenters. The van der Waals surface area contributed by atoms with Crippen LogP contribution in [-0.4, -0.2) is 19.4 Å². The minimum atomic E-state index is 0.278. The van der Waals surface area contributed by atoms with E-state index < -0.39 is 0 Å². The van der Waals surface area contributed by atoms with E-state index in [0.717, 1.165) is 19.1 Å². The minimum absolute atomic E-state index is 0.278. The van der Waals surface area contributed by atoms with Gasteiger partial charge in [0, 0.05) is 12.5 Å². The van der Waals surface area contributed by atoms with E-state index >= 15 is 0 Å². The van der Waals surface area contributed by atoms with Crippen molar-refractivity contribution in [3.8, 4) is 0 Å². The molecule has 0 aromatic heterocycles. The fraction of sp³-hybridized carbons (Fsp3) is 0.667. The predicted octanol–water partition coefficient (Wildman–Crippen LogP) is 1.52. The van der Waals surface area contributed by atoms with E-state index in [9.17, 15) is 4.79 Å². The van der Waals surface area contributed by atoms with Gasteiger partial charge in [0.1, 0.15) is 6.29 Å². The maximum Gasteiger partial charge on any atom is 0.121 e. The lowest BCUT2D eigenvalue weighted by atomic mass is 10.0. The van der Waals surface area contributed by atoms with E-state index in [1.807, 2.05) is 7.05 Å². The van der Waals surface area contributed by atoms with Crippen molar-refractivity contribution in [3.63, 3.8) is 0 Å². The van der Waals surface area contributed by atoms with Crippen LogP contribution in [0.1, 0.15) is 26.2 Å². The van der Waals surface area contributed by atoms with Crippen molar-refractivity contribution in [2.45, 2.75) is 32.2 Å². The van der Waals surface area contributed by atoms with Gasteiger partial charge in [-0.05, 0) is 19.9 Å². The topological polar surface area (TPSA) is 29.1 Å².